The Bertz CT molecular complexity index is 1060. The first-order chi connectivity index (χ1) is 12.5. The van der Waals surface area contributed by atoms with E-state index in [0.29, 0.717) is 27.0 Å². The second-order valence-corrected chi connectivity index (χ2v) is 8.24. The Morgan fingerprint density at radius 1 is 1.08 bits per heavy atom. The fraction of sp³-hybridized carbons (Fsp3) is 0.105. The van der Waals surface area contributed by atoms with Crippen molar-refractivity contribution in [3.63, 3.8) is 0 Å². The normalized spacial score (nSPS) is 15.6. The molecular weight excluding hydrogens is 372 g/mol. The SMILES string of the molecule is O=S1(=O)c2ccc(Oc3cccnc3)cc2CN1Cc1ccccc1Cl. The van der Waals surface area contributed by atoms with Crippen LogP contribution >= 0.6 is 11.6 Å². The van der Waals surface area contributed by atoms with Crippen LogP contribution in [0.4, 0.5) is 0 Å². The molecule has 0 aliphatic carbocycles. The van der Waals surface area contributed by atoms with E-state index >= 15 is 0 Å². The number of fused-ring (bicyclic) bond motifs is 1. The van der Waals surface area contributed by atoms with Crippen molar-refractivity contribution in [3.8, 4) is 11.5 Å². The molecule has 0 saturated carbocycles. The highest BCUT2D eigenvalue weighted by atomic mass is 35.5. The fourth-order valence-corrected chi connectivity index (χ4v) is 4.70. The van der Waals surface area contributed by atoms with Crippen molar-refractivity contribution in [1.29, 1.82) is 0 Å². The Labute approximate surface area is 156 Å². The second kappa shape index (κ2) is 6.72. The van der Waals surface area contributed by atoms with E-state index in [1.54, 1.807) is 48.8 Å². The highest BCUT2D eigenvalue weighted by molar-refractivity contribution is 7.89. The zero-order valence-corrected chi connectivity index (χ0v) is 15.2. The van der Waals surface area contributed by atoms with Crippen molar-refractivity contribution in [1.82, 2.24) is 9.29 Å². The van der Waals surface area contributed by atoms with Gasteiger partial charge >= 0.3 is 0 Å². The van der Waals surface area contributed by atoms with Crippen LogP contribution in [-0.2, 0) is 23.1 Å². The lowest BCUT2D eigenvalue weighted by Crippen LogP contribution is -2.23. The highest BCUT2D eigenvalue weighted by Gasteiger charge is 2.35. The molecule has 0 atom stereocenters. The van der Waals surface area contributed by atoms with Gasteiger partial charge in [0.2, 0.25) is 10.0 Å². The predicted molar refractivity (Wildman–Crippen MR) is 98.6 cm³/mol. The number of benzene rings is 2. The van der Waals surface area contributed by atoms with E-state index in [4.69, 9.17) is 16.3 Å². The minimum absolute atomic E-state index is 0.232. The first-order valence-corrected chi connectivity index (χ1v) is 9.80. The van der Waals surface area contributed by atoms with E-state index in [1.807, 2.05) is 18.2 Å². The molecule has 4 rings (SSSR count). The summed E-state index contributed by atoms with van der Waals surface area (Å²) in [6.45, 7) is 0.516. The quantitative estimate of drug-likeness (QED) is 0.673. The summed E-state index contributed by atoms with van der Waals surface area (Å²) >= 11 is 6.18. The largest absolute Gasteiger partial charge is 0.456 e. The molecule has 132 valence electrons. The Morgan fingerprint density at radius 3 is 2.69 bits per heavy atom. The van der Waals surface area contributed by atoms with Gasteiger partial charge in [-0.05, 0) is 47.5 Å². The number of ether oxygens (including phenoxy) is 1. The van der Waals surface area contributed by atoms with Crippen LogP contribution in [0.2, 0.25) is 5.02 Å². The summed E-state index contributed by atoms with van der Waals surface area (Å²) < 4.78 is 32.8. The van der Waals surface area contributed by atoms with Gasteiger partial charge in [0.15, 0.2) is 0 Å². The van der Waals surface area contributed by atoms with Gasteiger partial charge in [-0.25, -0.2) is 8.42 Å². The molecule has 2 heterocycles. The third-order valence-electron chi connectivity index (χ3n) is 4.17. The first-order valence-electron chi connectivity index (χ1n) is 7.98. The zero-order chi connectivity index (χ0) is 18.1. The molecule has 0 radical (unpaired) electrons. The van der Waals surface area contributed by atoms with Gasteiger partial charge in [-0.3, -0.25) is 4.98 Å². The molecular formula is C19H15ClN2O3S. The number of pyridine rings is 1. The summed E-state index contributed by atoms with van der Waals surface area (Å²) in [4.78, 5) is 4.31. The molecule has 7 heteroatoms. The van der Waals surface area contributed by atoms with Gasteiger partial charge in [0.05, 0.1) is 11.1 Å². The van der Waals surface area contributed by atoms with Crippen molar-refractivity contribution in [3.05, 3.63) is 83.1 Å². The summed E-state index contributed by atoms with van der Waals surface area (Å²) in [5.74, 6) is 1.17. The van der Waals surface area contributed by atoms with E-state index in [2.05, 4.69) is 4.98 Å². The van der Waals surface area contributed by atoms with Gasteiger partial charge in [0.1, 0.15) is 11.5 Å². The fourth-order valence-electron chi connectivity index (χ4n) is 2.91. The van der Waals surface area contributed by atoms with E-state index in [1.165, 1.54) is 4.31 Å². The van der Waals surface area contributed by atoms with Gasteiger partial charge in [-0.2, -0.15) is 4.31 Å². The van der Waals surface area contributed by atoms with Crippen molar-refractivity contribution >= 4 is 21.6 Å². The molecule has 0 amide bonds. The van der Waals surface area contributed by atoms with E-state index < -0.39 is 10.0 Å². The minimum Gasteiger partial charge on any atom is -0.456 e. The van der Waals surface area contributed by atoms with Gasteiger partial charge in [-0.15, -0.1) is 0 Å². The lowest BCUT2D eigenvalue weighted by molar-refractivity contribution is 0.419. The number of nitrogens with zero attached hydrogens (tertiary/aromatic N) is 2. The smallest absolute Gasteiger partial charge is 0.244 e. The lowest BCUT2D eigenvalue weighted by Gasteiger charge is -2.15. The van der Waals surface area contributed by atoms with Crippen molar-refractivity contribution in [2.24, 2.45) is 0 Å². The maximum absolute atomic E-state index is 12.8. The Balaban J connectivity index is 1.61. The van der Waals surface area contributed by atoms with Gasteiger partial charge in [-0.1, -0.05) is 29.8 Å². The zero-order valence-electron chi connectivity index (χ0n) is 13.7. The average molecular weight is 387 g/mol. The number of hydrogen-bond donors (Lipinski definition) is 0. The molecule has 5 nitrogen and oxygen atoms in total. The van der Waals surface area contributed by atoms with Gasteiger partial charge in [0, 0.05) is 24.3 Å². The number of halogens is 1. The molecule has 0 N–H and O–H groups in total. The van der Waals surface area contributed by atoms with Crippen molar-refractivity contribution in [2.45, 2.75) is 18.0 Å². The molecule has 2 aromatic carbocycles. The van der Waals surface area contributed by atoms with Crippen LogP contribution in [0.15, 0.2) is 71.9 Å². The third kappa shape index (κ3) is 3.19. The molecule has 1 aliphatic rings. The molecule has 0 unspecified atom stereocenters. The second-order valence-electron chi connectivity index (χ2n) is 5.92. The molecule has 1 aliphatic heterocycles. The summed E-state index contributed by atoms with van der Waals surface area (Å²) in [6, 6.07) is 15.8. The molecule has 26 heavy (non-hydrogen) atoms. The van der Waals surface area contributed by atoms with Crippen LogP contribution in [0.25, 0.3) is 0 Å². The topological polar surface area (TPSA) is 59.5 Å². The molecule has 0 spiro atoms. The highest BCUT2D eigenvalue weighted by Crippen LogP contribution is 2.35. The summed E-state index contributed by atoms with van der Waals surface area (Å²) in [5.41, 5.74) is 1.48. The number of aromatic nitrogens is 1. The maximum atomic E-state index is 12.8. The molecule has 3 aromatic rings. The average Bonchev–Trinajstić information content (AvgIpc) is 2.88. The van der Waals surface area contributed by atoms with Crippen LogP contribution in [0.3, 0.4) is 0 Å². The van der Waals surface area contributed by atoms with Gasteiger partial charge in [0.25, 0.3) is 0 Å². The lowest BCUT2D eigenvalue weighted by atomic mass is 10.2. The summed E-state index contributed by atoms with van der Waals surface area (Å²) in [7, 11) is -3.54. The third-order valence-corrected chi connectivity index (χ3v) is 6.43. The standard InChI is InChI=1S/C19H15ClN2O3S/c20-18-6-2-1-4-14(18)12-22-13-15-10-16(7-8-19(15)26(22,23)24)25-17-5-3-9-21-11-17/h1-11H,12-13H2. The summed E-state index contributed by atoms with van der Waals surface area (Å²) in [6.07, 6.45) is 3.27. The minimum atomic E-state index is -3.54. The van der Waals surface area contributed by atoms with Crippen LogP contribution in [0.5, 0.6) is 11.5 Å². The van der Waals surface area contributed by atoms with E-state index in [0.717, 1.165) is 5.56 Å². The Kier molecular flexibility index (Phi) is 4.40. The van der Waals surface area contributed by atoms with Crippen LogP contribution in [-0.4, -0.2) is 17.7 Å². The van der Waals surface area contributed by atoms with Crippen LogP contribution in [0, 0.1) is 0 Å². The molecule has 0 fully saturated rings. The maximum Gasteiger partial charge on any atom is 0.244 e. The number of rotatable bonds is 4. The first kappa shape index (κ1) is 17.0. The summed E-state index contributed by atoms with van der Waals surface area (Å²) in [5, 5.41) is 0.555. The molecule has 1 aromatic heterocycles. The van der Waals surface area contributed by atoms with E-state index in [9.17, 15) is 8.42 Å². The number of sulfonamides is 1. The van der Waals surface area contributed by atoms with Crippen LogP contribution in [0.1, 0.15) is 11.1 Å². The van der Waals surface area contributed by atoms with Crippen molar-refractivity contribution in [2.75, 3.05) is 0 Å². The Morgan fingerprint density at radius 2 is 1.92 bits per heavy atom. The molecule has 0 bridgehead atoms. The molecule has 0 saturated heterocycles. The number of hydrogen-bond acceptors (Lipinski definition) is 4. The monoisotopic (exact) mass is 386 g/mol. The van der Waals surface area contributed by atoms with E-state index in [-0.39, 0.29) is 13.1 Å². The Hall–Kier alpha value is -2.41. The van der Waals surface area contributed by atoms with Crippen molar-refractivity contribution < 1.29 is 13.2 Å². The van der Waals surface area contributed by atoms with Gasteiger partial charge < -0.3 is 4.74 Å². The predicted octanol–water partition coefficient (Wildman–Crippen LogP) is 4.23. The van der Waals surface area contributed by atoms with Crippen LogP contribution < -0.4 is 4.74 Å².